The zero-order valence-electron chi connectivity index (χ0n) is 10.4. The molecule has 0 aromatic carbocycles. The lowest BCUT2D eigenvalue weighted by molar-refractivity contribution is 0.228. The first-order chi connectivity index (χ1) is 7.60. The van der Waals surface area contributed by atoms with Crippen LogP contribution in [0.1, 0.15) is 30.7 Å². The van der Waals surface area contributed by atoms with E-state index in [2.05, 4.69) is 16.8 Å². The second-order valence-electron chi connectivity index (χ2n) is 4.87. The fourth-order valence-electron chi connectivity index (χ4n) is 2.39. The molecule has 0 bridgehead atoms. The quantitative estimate of drug-likeness (QED) is 0.843. The Hall–Kier alpha value is -0.870. The molecule has 90 valence electrons. The Morgan fingerprint density at radius 3 is 2.75 bits per heavy atom. The summed E-state index contributed by atoms with van der Waals surface area (Å²) >= 11 is 0. The molecule has 0 saturated carbocycles. The number of nitrogens with two attached hydrogens (primary N) is 1. The largest absolute Gasteiger partial charge is 0.444 e. The highest BCUT2D eigenvalue weighted by molar-refractivity contribution is 5.05. The number of aryl methyl sites for hydroxylation is 2. The van der Waals surface area contributed by atoms with Gasteiger partial charge in [0.15, 0.2) is 0 Å². The smallest absolute Gasteiger partial charge is 0.208 e. The Balaban J connectivity index is 1.99. The second kappa shape index (κ2) is 4.55. The van der Waals surface area contributed by atoms with Crippen molar-refractivity contribution in [3.63, 3.8) is 0 Å². The van der Waals surface area contributed by atoms with Crippen LogP contribution in [-0.2, 0) is 6.54 Å². The van der Waals surface area contributed by atoms with Crippen molar-refractivity contribution in [3.8, 4) is 0 Å². The van der Waals surface area contributed by atoms with Gasteiger partial charge in [0, 0.05) is 12.6 Å². The number of rotatable bonds is 3. The third-order valence-corrected chi connectivity index (χ3v) is 3.54. The van der Waals surface area contributed by atoms with Crippen LogP contribution in [0, 0.1) is 19.8 Å². The number of hydrogen-bond donors (Lipinski definition) is 1. The van der Waals surface area contributed by atoms with Crippen molar-refractivity contribution in [2.45, 2.75) is 39.8 Å². The number of nitrogens with zero attached hydrogens (tertiary/aromatic N) is 2. The highest BCUT2D eigenvalue weighted by Gasteiger charge is 2.28. The lowest BCUT2D eigenvalue weighted by Crippen LogP contribution is -2.27. The van der Waals surface area contributed by atoms with Crippen molar-refractivity contribution in [2.24, 2.45) is 11.7 Å². The van der Waals surface area contributed by atoms with Gasteiger partial charge in [0.2, 0.25) is 5.89 Å². The monoisotopic (exact) mass is 223 g/mol. The molecule has 0 spiro atoms. The van der Waals surface area contributed by atoms with Gasteiger partial charge in [-0.2, -0.15) is 0 Å². The summed E-state index contributed by atoms with van der Waals surface area (Å²) in [4.78, 5) is 6.82. The van der Waals surface area contributed by atoms with Gasteiger partial charge in [0.1, 0.15) is 5.76 Å². The van der Waals surface area contributed by atoms with Crippen molar-refractivity contribution >= 4 is 0 Å². The SMILES string of the molecule is Cc1nc(CN2CC(CN)CC2C)oc1C. The predicted molar refractivity (Wildman–Crippen MR) is 63.0 cm³/mol. The van der Waals surface area contributed by atoms with Gasteiger partial charge >= 0.3 is 0 Å². The lowest BCUT2D eigenvalue weighted by atomic mass is 10.1. The average Bonchev–Trinajstić information content (AvgIpc) is 2.73. The van der Waals surface area contributed by atoms with Crippen LogP contribution in [0.3, 0.4) is 0 Å². The Kier molecular flexibility index (Phi) is 3.30. The Morgan fingerprint density at radius 2 is 2.25 bits per heavy atom. The van der Waals surface area contributed by atoms with Crippen LogP contribution in [0.4, 0.5) is 0 Å². The molecule has 1 aliphatic heterocycles. The lowest BCUT2D eigenvalue weighted by Gasteiger charge is -2.18. The number of hydrogen-bond acceptors (Lipinski definition) is 4. The molecule has 0 amide bonds. The van der Waals surface area contributed by atoms with Crippen molar-refractivity contribution in [2.75, 3.05) is 13.1 Å². The van der Waals surface area contributed by atoms with Crippen molar-refractivity contribution < 1.29 is 4.42 Å². The standard InChI is InChI=1S/C12H21N3O/c1-8-4-11(5-13)6-15(8)7-12-14-9(2)10(3)16-12/h8,11H,4-7,13H2,1-3H3. The van der Waals surface area contributed by atoms with Gasteiger partial charge in [-0.1, -0.05) is 0 Å². The summed E-state index contributed by atoms with van der Waals surface area (Å²) < 4.78 is 5.61. The van der Waals surface area contributed by atoms with E-state index >= 15 is 0 Å². The molecule has 2 rings (SSSR count). The van der Waals surface area contributed by atoms with Crippen molar-refractivity contribution in [3.05, 3.63) is 17.3 Å². The van der Waals surface area contributed by atoms with Crippen LogP contribution in [0.2, 0.25) is 0 Å². The Morgan fingerprint density at radius 1 is 1.50 bits per heavy atom. The van der Waals surface area contributed by atoms with E-state index < -0.39 is 0 Å². The summed E-state index contributed by atoms with van der Waals surface area (Å²) in [6, 6.07) is 0.584. The predicted octanol–water partition coefficient (Wildman–Crippen LogP) is 1.46. The van der Waals surface area contributed by atoms with Gasteiger partial charge in [0.25, 0.3) is 0 Å². The van der Waals surface area contributed by atoms with E-state index in [0.717, 1.165) is 37.0 Å². The van der Waals surface area contributed by atoms with Gasteiger partial charge in [-0.3, -0.25) is 4.90 Å². The fraction of sp³-hybridized carbons (Fsp3) is 0.750. The molecule has 1 aliphatic rings. The fourth-order valence-corrected chi connectivity index (χ4v) is 2.39. The Labute approximate surface area is 96.8 Å². The first-order valence-corrected chi connectivity index (χ1v) is 5.97. The number of aromatic nitrogens is 1. The van der Waals surface area contributed by atoms with Crippen LogP contribution < -0.4 is 5.73 Å². The molecule has 4 heteroatoms. The summed E-state index contributed by atoms with van der Waals surface area (Å²) in [5.41, 5.74) is 6.71. The molecular weight excluding hydrogens is 202 g/mol. The van der Waals surface area contributed by atoms with E-state index in [1.54, 1.807) is 0 Å². The second-order valence-corrected chi connectivity index (χ2v) is 4.87. The van der Waals surface area contributed by atoms with Crippen LogP contribution in [0.5, 0.6) is 0 Å². The summed E-state index contributed by atoms with van der Waals surface area (Å²) in [6.07, 6.45) is 1.19. The first-order valence-electron chi connectivity index (χ1n) is 5.97. The minimum Gasteiger partial charge on any atom is -0.444 e. The van der Waals surface area contributed by atoms with Crippen LogP contribution >= 0.6 is 0 Å². The molecule has 4 nitrogen and oxygen atoms in total. The van der Waals surface area contributed by atoms with Crippen LogP contribution in [0.25, 0.3) is 0 Å². The molecule has 2 atom stereocenters. The molecule has 1 fully saturated rings. The summed E-state index contributed by atoms with van der Waals surface area (Å²) in [7, 11) is 0. The van der Waals surface area contributed by atoms with Crippen LogP contribution in [-0.4, -0.2) is 29.0 Å². The summed E-state index contributed by atoms with van der Waals surface area (Å²) in [5.74, 6) is 2.39. The van der Waals surface area contributed by atoms with Crippen molar-refractivity contribution in [1.29, 1.82) is 0 Å². The van der Waals surface area contributed by atoms with E-state index in [0.29, 0.717) is 12.0 Å². The van der Waals surface area contributed by atoms with Gasteiger partial charge in [-0.05, 0) is 39.7 Å². The van der Waals surface area contributed by atoms with E-state index in [9.17, 15) is 0 Å². The van der Waals surface area contributed by atoms with E-state index in [4.69, 9.17) is 10.2 Å². The van der Waals surface area contributed by atoms with Gasteiger partial charge in [-0.15, -0.1) is 0 Å². The molecule has 1 aromatic rings. The molecular formula is C12H21N3O. The van der Waals surface area contributed by atoms with Crippen LogP contribution in [0.15, 0.2) is 4.42 Å². The third kappa shape index (κ3) is 2.28. The maximum absolute atomic E-state index is 5.71. The highest BCUT2D eigenvalue weighted by atomic mass is 16.4. The average molecular weight is 223 g/mol. The van der Waals surface area contributed by atoms with Crippen molar-refractivity contribution in [1.82, 2.24) is 9.88 Å². The topological polar surface area (TPSA) is 55.3 Å². The normalized spacial score (nSPS) is 26.5. The maximum atomic E-state index is 5.71. The molecule has 1 saturated heterocycles. The first kappa shape index (κ1) is 11.6. The van der Waals surface area contributed by atoms with E-state index in [-0.39, 0.29) is 0 Å². The molecule has 16 heavy (non-hydrogen) atoms. The van der Waals surface area contributed by atoms with Gasteiger partial charge in [-0.25, -0.2) is 4.98 Å². The molecule has 2 heterocycles. The Bertz CT molecular complexity index is 342. The third-order valence-electron chi connectivity index (χ3n) is 3.54. The number of likely N-dealkylation sites (tertiary alicyclic amines) is 1. The molecule has 0 radical (unpaired) electrons. The highest BCUT2D eigenvalue weighted by Crippen LogP contribution is 2.24. The van der Waals surface area contributed by atoms with E-state index in [1.165, 1.54) is 6.42 Å². The summed E-state index contributed by atoms with van der Waals surface area (Å²) in [6.45, 7) is 8.85. The zero-order valence-corrected chi connectivity index (χ0v) is 10.4. The van der Waals surface area contributed by atoms with E-state index in [1.807, 2.05) is 13.8 Å². The molecule has 1 aromatic heterocycles. The minimum absolute atomic E-state index is 0.584. The summed E-state index contributed by atoms with van der Waals surface area (Å²) in [5, 5.41) is 0. The molecule has 0 aliphatic carbocycles. The number of oxazole rings is 1. The molecule has 2 unspecified atom stereocenters. The van der Waals surface area contributed by atoms with Gasteiger partial charge in [0.05, 0.1) is 12.2 Å². The molecule has 2 N–H and O–H groups in total. The maximum Gasteiger partial charge on any atom is 0.208 e. The zero-order chi connectivity index (χ0) is 11.7. The minimum atomic E-state index is 0.584. The van der Waals surface area contributed by atoms with Gasteiger partial charge < -0.3 is 10.2 Å².